The van der Waals surface area contributed by atoms with Gasteiger partial charge in [0.15, 0.2) is 5.54 Å². The third-order valence-corrected chi connectivity index (χ3v) is 6.45. The molecule has 1 heterocycles. The van der Waals surface area contributed by atoms with Gasteiger partial charge in [0, 0.05) is 13.1 Å². The third-order valence-electron chi connectivity index (χ3n) is 6.45. The van der Waals surface area contributed by atoms with Crippen molar-refractivity contribution in [3.8, 4) is 0 Å². The smallest absolute Gasteiger partial charge is 0.451 e. The fourth-order valence-electron chi connectivity index (χ4n) is 4.77. The zero-order valence-electron chi connectivity index (χ0n) is 28.2. The van der Waals surface area contributed by atoms with Crippen LogP contribution in [0.1, 0.15) is 94.4 Å². The van der Waals surface area contributed by atoms with Crippen LogP contribution in [0.2, 0.25) is 6.32 Å². The summed E-state index contributed by atoms with van der Waals surface area (Å²) >= 11 is 0. The molecule has 0 unspecified atom stereocenters. The molecule has 258 valence electrons. The van der Waals surface area contributed by atoms with Crippen LogP contribution in [0.15, 0.2) is 0 Å². The Labute approximate surface area is 266 Å². The fraction of sp³-hybridized carbons (Fsp3) is 0.828. The van der Waals surface area contributed by atoms with Crippen molar-refractivity contribution in [3.05, 3.63) is 0 Å². The number of ether oxygens (including phenoxy) is 3. The van der Waals surface area contributed by atoms with Gasteiger partial charge in [0.1, 0.15) is 22.8 Å². The first-order chi connectivity index (χ1) is 20.4. The molecule has 1 rings (SSSR count). The molecule has 0 aromatic carbocycles. The molecule has 1 aliphatic rings. The van der Waals surface area contributed by atoms with E-state index in [2.05, 4.69) is 16.0 Å². The number of alkyl carbamates (subject to hydrolysis) is 3. The number of aliphatic carboxylic acids is 1. The summed E-state index contributed by atoms with van der Waals surface area (Å²) in [6.07, 6.45) is -1.50. The molecule has 16 heteroatoms. The molecule has 0 aromatic heterocycles. The quantitative estimate of drug-likeness (QED) is 0.103. The molecule has 0 spiro atoms. The average Bonchev–Trinajstić information content (AvgIpc) is 2.82. The first kappa shape index (κ1) is 39.8. The van der Waals surface area contributed by atoms with Gasteiger partial charge in [0.05, 0.1) is 6.54 Å². The molecule has 0 saturated carbocycles. The summed E-state index contributed by atoms with van der Waals surface area (Å²) in [5, 5.41) is 36.9. The van der Waals surface area contributed by atoms with Gasteiger partial charge in [-0.05, 0) is 100 Å². The summed E-state index contributed by atoms with van der Waals surface area (Å²) < 4.78 is 15.9. The highest BCUT2D eigenvalue weighted by Crippen LogP contribution is 2.31. The van der Waals surface area contributed by atoms with E-state index in [0.717, 1.165) is 0 Å². The van der Waals surface area contributed by atoms with Gasteiger partial charge in [0.2, 0.25) is 5.91 Å². The summed E-state index contributed by atoms with van der Waals surface area (Å²) in [6.45, 7) is 15.0. The zero-order chi connectivity index (χ0) is 34.8. The number of nitrogens with zero attached hydrogens (tertiary/aromatic N) is 1. The number of amides is 4. The minimum absolute atomic E-state index is 0.0449. The molecular formula is C29H53BN4O11. The Morgan fingerprint density at radius 1 is 0.867 bits per heavy atom. The van der Waals surface area contributed by atoms with E-state index >= 15 is 0 Å². The topological polar surface area (TPSA) is 213 Å². The molecular weight excluding hydrogens is 591 g/mol. The zero-order valence-corrected chi connectivity index (χ0v) is 28.2. The van der Waals surface area contributed by atoms with E-state index in [9.17, 15) is 39.1 Å². The van der Waals surface area contributed by atoms with Gasteiger partial charge in [0.25, 0.3) is 0 Å². The summed E-state index contributed by atoms with van der Waals surface area (Å²) in [5.41, 5.74) is -4.39. The van der Waals surface area contributed by atoms with Crippen molar-refractivity contribution < 1.29 is 53.3 Å². The van der Waals surface area contributed by atoms with E-state index in [4.69, 9.17) is 14.2 Å². The standard InChI is InChI=1S/C29H53BN4O11/c1-26(2,3)43-23(38)31-15-11-10-12-20(32-24(39)44-27(4,5)6)21(35)34-17-19(13-14-30(41)42)16-29(18-34,22(36)37)33-25(40)45-28(7,8)9/h19-20,41-42H,10-18H2,1-9H3,(H,31,38)(H,32,39)(H,33,40)(H,36,37)/t19-,20-,29+/m0/s1. The summed E-state index contributed by atoms with van der Waals surface area (Å²) in [4.78, 5) is 65.3. The van der Waals surface area contributed by atoms with Crippen LogP contribution in [-0.4, -0.2) is 105 Å². The number of carboxylic acids is 1. The summed E-state index contributed by atoms with van der Waals surface area (Å²) in [5.74, 6) is -2.55. The van der Waals surface area contributed by atoms with Crippen molar-refractivity contribution >= 4 is 37.3 Å². The SMILES string of the molecule is CC(C)(C)OC(=O)NCCCC[C@H](NC(=O)OC(C)(C)C)C(=O)N1C[C@@H](CCB(O)O)C[C@](NC(=O)OC(C)(C)C)(C(=O)O)C1. The molecule has 3 atom stereocenters. The number of piperidine rings is 1. The number of carbonyl (C=O) groups is 5. The monoisotopic (exact) mass is 644 g/mol. The van der Waals surface area contributed by atoms with Crippen molar-refractivity contribution in [3.63, 3.8) is 0 Å². The Hall–Kier alpha value is -3.27. The predicted octanol–water partition coefficient (Wildman–Crippen LogP) is 2.63. The van der Waals surface area contributed by atoms with Gasteiger partial charge in [-0.3, -0.25) is 4.79 Å². The molecule has 15 nitrogen and oxygen atoms in total. The molecule has 0 aliphatic carbocycles. The fourth-order valence-corrected chi connectivity index (χ4v) is 4.77. The first-order valence-electron chi connectivity index (χ1n) is 15.3. The minimum Gasteiger partial charge on any atom is -0.479 e. The van der Waals surface area contributed by atoms with Crippen molar-refractivity contribution in [1.29, 1.82) is 0 Å². The molecule has 1 fully saturated rings. The molecule has 0 bridgehead atoms. The second-order valence-electron chi connectivity index (χ2n) is 14.5. The molecule has 4 amide bonds. The Balaban J connectivity index is 3.23. The Morgan fingerprint density at radius 3 is 1.91 bits per heavy atom. The highest BCUT2D eigenvalue weighted by atomic mass is 16.6. The normalized spacial score (nSPS) is 19.5. The van der Waals surface area contributed by atoms with Gasteiger partial charge >= 0.3 is 31.4 Å². The Kier molecular flexibility index (Phi) is 14.4. The largest absolute Gasteiger partial charge is 0.479 e. The van der Waals surface area contributed by atoms with Crippen LogP contribution < -0.4 is 16.0 Å². The molecule has 6 N–H and O–H groups in total. The maximum Gasteiger partial charge on any atom is 0.451 e. The molecule has 45 heavy (non-hydrogen) atoms. The number of hydrogen-bond donors (Lipinski definition) is 6. The summed E-state index contributed by atoms with van der Waals surface area (Å²) in [6, 6.07) is -1.13. The maximum absolute atomic E-state index is 14.0. The number of nitrogens with one attached hydrogen (secondary N) is 3. The van der Waals surface area contributed by atoms with Crippen LogP contribution >= 0.6 is 0 Å². The van der Waals surface area contributed by atoms with E-state index in [1.54, 1.807) is 62.3 Å². The van der Waals surface area contributed by atoms with Crippen LogP contribution in [0.5, 0.6) is 0 Å². The first-order valence-corrected chi connectivity index (χ1v) is 15.3. The van der Waals surface area contributed by atoms with Crippen molar-refractivity contribution in [2.45, 2.75) is 129 Å². The Morgan fingerprint density at radius 2 is 1.40 bits per heavy atom. The van der Waals surface area contributed by atoms with E-state index in [0.29, 0.717) is 12.8 Å². The van der Waals surface area contributed by atoms with Gasteiger partial charge in [-0.25, -0.2) is 19.2 Å². The lowest BCUT2D eigenvalue weighted by Gasteiger charge is -2.45. The van der Waals surface area contributed by atoms with E-state index in [1.807, 2.05) is 0 Å². The number of rotatable bonds is 12. The average molecular weight is 645 g/mol. The second kappa shape index (κ2) is 16.3. The third kappa shape index (κ3) is 16.0. The molecule has 0 aromatic rings. The van der Waals surface area contributed by atoms with Gasteiger partial charge < -0.3 is 50.2 Å². The van der Waals surface area contributed by atoms with Crippen LogP contribution in [0.3, 0.4) is 0 Å². The number of carbonyl (C=O) groups excluding carboxylic acids is 4. The van der Waals surface area contributed by atoms with Crippen LogP contribution in [0, 0.1) is 5.92 Å². The highest BCUT2D eigenvalue weighted by molar-refractivity contribution is 6.40. The molecule has 0 radical (unpaired) electrons. The number of likely N-dealkylation sites (tertiary alicyclic amines) is 1. The van der Waals surface area contributed by atoms with Crippen LogP contribution in [-0.2, 0) is 23.8 Å². The van der Waals surface area contributed by atoms with Gasteiger partial charge in [-0.15, -0.1) is 0 Å². The highest BCUT2D eigenvalue weighted by Gasteiger charge is 2.49. The Bertz CT molecular complexity index is 1040. The van der Waals surface area contributed by atoms with Gasteiger partial charge in [-0.2, -0.15) is 0 Å². The lowest BCUT2D eigenvalue weighted by Crippen LogP contribution is -2.67. The number of hydrogen-bond acceptors (Lipinski definition) is 10. The van der Waals surface area contributed by atoms with Crippen LogP contribution in [0.4, 0.5) is 14.4 Å². The predicted molar refractivity (Wildman–Crippen MR) is 165 cm³/mol. The molecule has 1 saturated heterocycles. The number of unbranched alkanes of at least 4 members (excludes halogenated alkanes) is 1. The van der Waals surface area contributed by atoms with E-state index < -0.39 is 78.1 Å². The van der Waals surface area contributed by atoms with E-state index in [-0.39, 0.29) is 38.7 Å². The lowest BCUT2D eigenvalue weighted by atomic mass is 9.75. The van der Waals surface area contributed by atoms with Gasteiger partial charge in [-0.1, -0.05) is 6.42 Å². The van der Waals surface area contributed by atoms with Crippen molar-refractivity contribution in [2.24, 2.45) is 5.92 Å². The minimum atomic E-state index is -1.95. The maximum atomic E-state index is 14.0. The molecule has 1 aliphatic heterocycles. The van der Waals surface area contributed by atoms with Crippen molar-refractivity contribution in [1.82, 2.24) is 20.9 Å². The number of carboxylic acid groups (broad SMARTS) is 1. The van der Waals surface area contributed by atoms with Crippen molar-refractivity contribution in [2.75, 3.05) is 19.6 Å². The second-order valence-corrected chi connectivity index (χ2v) is 14.5. The lowest BCUT2D eigenvalue weighted by molar-refractivity contribution is -0.152. The summed E-state index contributed by atoms with van der Waals surface area (Å²) in [7, 11) is -1.65. The van der Waals surface area contributed by atoms with E-state index in [1.165, 1.54) is 4.90 Å². The van der Waals surface area contributed by atoms with Crippen LogP contribution in [0.25, 0.3) is 0 Å².